The molecule has 2 aromatic heterocycles. The van der Waals surface area contributed by atoms with Crippen LogP contribution in [0.1, 0.15) is 16.2 Å². The Balaban J connectivity index is 1.35. The van der Waals surface area contributed by atoms with Crippen molar-refractivity contribution in [1.29, 1.82) is 0 Å². The first kappa shape index (κ1) is 21.0. The molecular formula is C25H16N2O7. The van der Waals surface area contributed by atoms with E-state index >= 15 is 0 Å². The van der Waals surface area contributed by atoms with E-state index in [1.165, 1.54) is 24.5 Å². The SMILES string of the molecule is O=C(O)c1ccccc1-c1nc(COc2ccc3c(=O)c(-c4ccc(O)cc4)coc3c2)no1. The van der Waals surface area contributed by atoms with Gasteiger partial charge in [0.1, 0.15) is 23.3 Å². The molecule has 5 aromatic rings. The highest BCUT2D eigenvalue weighted by atomic mass is 16.5. The zero-order valence-corrected chi connectivity index (χ0v) is 17.5. The fourth-order valence-electron chi connectivity index (χ4n) is 3.46. The van der Waals surface area contributed by atoms with Crippen molar-refractivity contribution < 1.29 is 28.7 Å². The van der Waals surface area contributed by atoms with Crippen molar-refractivity contribution in [2.24, 2.45) is 0 Å². The topological polar surface area (TPSA) is 136 Å². The molecule has 2 heterocycles. The quantitative estimate of drug-likeness (QED) is 0.379. The minimum Gasteiger partial charge on any atom is -0.508 e. The number of hydrogen-bond acceptors (Lipinski definition) is 8. The van der Waals surface area contributed by atoms with Gasteiger partial charge in [0.15, 0.2) is 12.0 Å². The van der Waals surface area contributed by atoms with E-state index in [9.17, 15) is 19.8 Å². The zero-order valence-electron chi connectivity index (χ0n) is 17.5. The molecule has 2 N–H and O–H groups in total. The molecule has 168 valence electrons. The van der Waals surface area contributed by atoms with Crippen molar-refractivity contribution in [3.63, 3.8) is 0 Å². The van der Waals surface area contributed by atoms with Crippen LogP contribution in [0.5, 0.6) is 11.5 Å². The lowest BCUT2D eigenvalue weighted by Crippen LogP contribution is -2.05. The number of aromatic hydroxyl groups is 1. The smallest absolute Gasteiger partial charge is 0.336 e. The first-order valence-corrected chi connectivity index (χ1v) is 10.1. The molecule has 0 atom stereocenters. The largest absolute Gasteiger partial charge is 0.508 e. The van der Waals surface area contributed by atoms with Crippen molar-refractivity contribution >= 4 is 16.9 Å². The Labute approximate surface area is 191 Å². The second kappa shape index (κ2) is 8.55. The summed E-state index contributed by atoms with van der Waals surface area (Å²) >= 11 is 0. The number of rotatable bonds is 6. The second-order valence-electron chi connectivity index (χ2n) is 7.34. The molecule has 0 saturated heterocycles. The van der Waals surface area contributed by atoms with E-state index in [1.807, 2.05) is 0 Å². The Morgan fingerprint density at radius 3 is 2.59 bits per heavy atom. The molecule has 3 aromatic carbocycles. The molecule has 0 fully saturated rings. The number of carbonyl (C=O) groups is 1. The average molecular weight is 456 g/mol. The number of aromatic nitrogens is 2. The summed E-state index contributed by atoms with van der Waals surface area (Å²) in [6, 6.07) is 17.4. The van der Waals surface area contributed by atoms with Gasteiger partial charge >= 0.3 is 5.97 Å². The van der Waals surface area contributed by atoms with Crippen LogP contribution in [0.2, 0.25) is 0 Å². The number of fused-ring (bicyclic) bond motifs is 1. The van der Waals surface area contributed by atoms with Gasteiger partial charge in [0.05, 0.1) is 22.1 Å². The van der Waals surface area contributed by atoms with Gasteiger partial charge in [0, 0.05) is 6.07 Å². The van der Waals surface area contributed by atoms with Crippen LogP contribution in [0.3, 0.4) is 0 Å². The molecule has 34 heavy (non-hydrogen) atoms. The summed E-state index contributed by atoms with van der Waals surface area (Å²) in [7, 11) is 0. The first-order valence-electron chi connectivity index (χ1n) is 10.1. The van der Waals surface area contributed by atoms with E-state index in [-0.39, 0.29) is 35.1 Å². The predicted molar refractivity (Wildman–Crippen MR) is 121 cm³/mol. The number of carboxylic acids is 1. The third-order valence-corrected chi connectivity index (χ3v) is 5.15. The van der Waals surface area contributed by atoms with Crippen LogP contribution < -0.4 is 10.2 Å². The third-order valence-electron chi connectivity index (χ3n) is 5.15. The number of aromatic carboxylic acids is 1. The monoisotopic (exact) mass is 456 g/mol. The average Bonchev–Trinajstić information content (AvgIpc) is 3.33. The summed E-state index contributed by atoms with van der Waals surface area (Å²) in [6.07, 6.45) is 1.37. The highest BCUT2D eigenvalue weighted by Gasteiger charge is 2.17. The number of hydrogen-bond donors (Lipinski definition) is 2. The van der Waals surface area contributed by atoms with E-state index in [2.05, 4.69) is 10.1 Å². The van der Waals surface area contributed by atoms with Gasteiger partial charge in [-0.3, -0.25) is 4.79 Å². The summed E-state index contributed by atoms with van der Waals surface area (Å²) in [4.78, 5) is 28.5. The zero-order chi connectivity index (χ0) is 23.7. The van der Waals surface area contributed by atoms with Gasteiger partial charge in [-0.2, -0.15) is 4.98 Å². The molecular weight excluding hydrogens is 440 g/mol. The van der Waals surface area contributed by atoms with Crippen molar-refractivity contribution in [2.75, 3.05) is 0 Å². The van der Waals surface area contributed by atoms with Gasteiger partial charge in [0.2, 0.25) is 5.82 Å². The number of phenolic OH excluding ortho intramolecular Hbond substituents is 1. The standard InChI is InChI=1S/C25H16N2O7/c28-15-7-5-14(6-8-15)20-12-33-21-11-16(9-10-19(21)23(20)29)32-13-22-26-24(34-27-22)17-3-1-2-4-18(17)25(30)31/h1-12,28H,13H2,(H,30,31). The van der Waals surface area contributed by atoms with Gasteiger partial charge in [-0.15, -0.1) is 0 Å². The Hall–Kier alpha value is -4.92. The van der Waals surface area contributed by atoms with Crippen molar-refractivity contribution in [1.82, 2.24) is 10.1 Å². The Morgan fingerprint density at radius 1 is 1.00 bits per heavy atom. The Kier molecular flexibility index (Phi) is 5.27. The minimum atomic E-state index is -1.10. The van der Waals surface area contributed by atoms with Crippen molar-refractivity contribution in [3.8, 4) is 34.1 Å². The fraction of sp³-hybridized carbons (Fsp3) is 0.0400. The van der Waals surface area contributed by atoms with Gasteiger partial charge < -0.3 is 23.9 Å². The van der Waals surface area contributed by atoms with E-state index < -0.39 is 5.97 Å². The maximum Gasteiger partial charge on any atom is 0.336 e. The lowest BCUT2D eigenvalue weighted by molar-refractivity contribution is 0.0697. The Bertz CT molecular complexity index is 1570. The van der Waals surface area contributed by atoms with Crippen molar-refractivity contribution in [3.05, 3.63) is 94.6 Å². The molecule has 0 aliphatic heterocycles. The number of phenols is 1. The highest BCUT2D eigenvalue weighted by molar-refractivity contribution is 5.94. The summed E-state index contributed by atoms with van der Waals surface area (Å²) in [5, 5.41) is 23.0. The van der Waals surface area contributed by atoms with Crippen molar-refractivity contribution in [2.45, 2.75) is 6.61 Å². The highest BCUT2D eigenvalue weighted by Crippen LogP contribution is 2.25. The third kappa shape index (κ3) is 3.97. The van der Waals surface area contributed by atoms with Gasteiger partial charge in [-0.05, 0) is 42.0 Å². The molecule has 0 amide bonds. The van der Waals surface area contributed by atoms with Crippen LogP contribution in [-0.2, 0) is 6.61 Å². The summed E-state index contributed by atoms with van der Waals surface area (Å²) in [5.74, 6) is -0.277. The maximum absolute atomic E-state index is 12.9. The lowest BCUT2D eigenvalue weighted by Gasteiger charge is -2.06. The van der Waals surface area contributed by atoms with Gasteiger partial charge in [0.25, 0.3) is 5.89 Å². The van der Waals surface area contributed by atoms with E-state index in [1.54, 1.807) is 48.5 Å². The molecule has 0 aliphatic rings. The molecule has 0 bridgehead atoms. The second-order valence-corrected chi connectivity index (χ2v) is 7.34. The van der Waals surface area contributed by atoms with Crippen LogP contribution in [0.25, 0.3) is 33.6 Å². The van der Waals surface area contributed by atoms with Gasteiger partial charge in [-0.1, -0.05) is 29.4 Å². The first-order chi connectivity index (χ1) is 16.5. The molecule has 9 heteroatoms. The summed E-state index contributed by atoms with van der Waals surface area (Å²) in [5.41, 5.74) is 1.50. The summed E-state index contributed by atoms with van der Waals surface area (Å²) < 4.78 is 16.6. The van der Waals surface area contributed by atoms with E-state index in [0.29, 0.717) is 33.4 Å². The maximum atomic E-state index is 12.9. The van der Waals surface area contributed by atoms with Crippen LogP contribution in [0.15, 0.2) is 86.7 Å². The molecule has 0 radical (unpaired) electrons. The van der Waals surface area contributed by atoms with E-state index in [0.717, 1.165) is 0 Å². The molecule has 5 rings (SSSR count). The number of carboxylic acid groups (broad SMARTS) is 1. The molecule has 0 aliphatic carbocycles. The van der Waals surface area contributed by atoms with E-state index in [4.69, 9.17) is 13.7 Å². The summed E-state index contributed by atoms with van der Waals surface area (Å²) in [6.45, 7) is -0.0416. The lowest BCUT2D eigenvalue weighted by atomic mass is 10.1. The van der Waals surface area contributed by atoms with Crippen LogP contribution in [-0.4, -0.2) is 26.3 Å². The minimum absolute atomic E-state index is 0.0416. The van der Waals surface area contributed by atoms with Crippen LogP contribution in [0, 0.1) is 0 Å². The fourth-order valence-corrected chi connectivity index (χ4v) is 3.46. The molecule has 9 nitrogen and oxygen atoms in total. The van der Waals surface area contributed by atoms with Gasteiger partial charge in [-0.25, -0.2) is 4.79 Å². The molecule has 0 saturated carbocycles. The number of nitrogens with zero attached hydrogens (tertiary/aromatic N) is 2. The number of benzene rings is 3. The predicted octanol–water partition coefficient (Wildman–Crippen LogP) is 4.49. The van der Waals surface area contributed by atoms with Crippen LogP contribution >= 0.6 is 0 Å². The number of ether oxygens (including phenoxy) is 1. The van der Waals surface area contributed by atoms with Crippen LogP contribution in [0.4, 0.5) is 0 Å². The molecule has 0 spiro atoms. The molecule has 0 unspecified atom stereocenters. The normalized spacial score (nSPS) is 10.9. The Morgan fingerprint density at radius 2 is 1.79 bits per heavy atom.